The molecule has 0 unspecified atom stereocenters. The fourth-order valence-electron chi connectivity index (χ4n) is 1.80. The van der Waals surface area contributed by atoms with E-state index in [-0.39, 0.29) is 5.97 Å². The van der Waals surface area contributed by atoms with Crippen LogP contribution in [0.2, 0.25) is 0 Å². The van der Waals surface area contributed by atoms with Crippen LogP contribution >= 0.6 is 0 Å². The van der Waals surface area contributed by atoms with Gasteiger partial charge < -0.3 is 4.74 Å². The first kappa shape index (κ1) is 11.8. The van der Waals surface area contributed by atoms with Crippen LogP contribution < -0.4 is 0 Å². The summed E-state index contributed by atoms with van der Waals surface area (Å²) in [5.41, 5.74) is 1.64. The zero-order valence-electron chi connectivity index (χ0n) is 9.94. The number of carbonyl (C=O) groups excluding carboxylic acids is 2. The summed E-state index contributed by atoms with van der Waals surface area (Å²) in [6.07, 6.45) is 3.51. The molecule has 1 saturated carbocycles. The molecule has 0 radical (unpaired) electrons. The van der Waals surface area contributed by atoms with Crippen molar-refractivity contribution >= 4 is 11.8 Å². The normalized spacial score (nSPS) is 14.4. The molecule has 0 amide bonds. The van der Waals surface area contributed by atoms with Gasteiger partial charge in [-0.3, -0.25) is 4.79 Å². The second kappa shape index (κ2) is 5.13. The van der Waals surface area contributed by atoms with Gasteiger partial charge in [0, 0.05) is 12.3 Å². The van der Waals surface area contributed by atoms with E-state index in [2.05, 4.69) is 4.74 Å². The molecule has 3 heteroatoms. The Morgan fingerprint density at radius 2 is 1.88 bits per heavy atom. The lowest BCUT2D eigenvalue weighted by molar-refractivity contribution is -0.120. The van der Waals surface area contributed by atoms with E-state index in [4.69, 9.17) is 0 Å². The second-order valence-corrected chi connectivity index (χ2v) is 4.43. The molecule has 17 heavy (non-hydrogen) atoms. The first-order chi connectivity index (χ1) is 8.20. The van der Waals surface area contributed by atoms with Crippen molar-refractivity contribution in [2.24, 2.45) is 5.92 Å². The Morgan fingerprint density at radius 1 is 1.24 bits per heavy atom. The van der Waals surface area contributed by atoms with Crippen LogP contribution in [-0.4, -0.2) is 18.9 Å². The monoisotopic (exact) mass is 232 g/mol. The van der Waals surface area contributed by atoms with Gasteiger partial charge in [0.2, 0.25) is 0 Å². The molecule has 0 heterocycles. The molecule has 1 aliphatic rings. The number of ketones is 1. The summed E-state index contributed by atoms with van der Waals surface area (Å²) in [4.78, 5) is 22.7. The van der Waals surface area contributed by atoms with Crippen LogP contribution in [0, 0.1) is 5.92 Å². The molecule has 1 aliphatic carbocycles. The van der Waals surface area contributed by atoms with Gasteiger partial charge in [-0.05, 0) is 37.0 Å². The highest BCUT2D eigenvalue weighted by Crippen LogP contribution is 2.31. The summed E-state index contributed by atoms with van der Waals surface area (Å²) in [5.74, 6) is 0.386. The third-order valence-electron chi connectivity index (χ3n) is 3.07. The van der Waals surface area contributed by atoms with Crippen LogP contribution in [-0.2, 0) is 16.0 Å². The van der Waals surface area contributed by atoms with Gasteiger partial charge in [0.25, 0.3) is 0 Å². The van der Waals surface area contributed by atoms with Crippen molar-refractivity contribution in [1.29, 1.82) is 0 Å². The molecule has 1 aromatic carbocycles. The Bertz CT molecular complexity index is 416. The fraction of sp³-hybridized carbons (Fsp3) is 0.429. The minimum atomic E-state index is -0.328. The maximum atomic E-state index is 11.5. The van der Waals surface area contributed by atoms with Gasteiger partial charge in [-0.25, -0.2) is 4.79 Å². The highest BCUT2D eigenvalue weighted by Gasteiger charge is 2.28. The van der Waals surface area contributed by atoms with Crippen molar-refractivity contribution < 1.29 is 14.3 Å². The molecule has 2 rings (SSSR count). The molecule has 0 bridgehead atoms. The number of carbonyl (C=O) groups is 2. The highest BCUT2D eigenvalue weighted by atomic mass is 16.5. The smallest absolute Gasteiger partial charge is 0.337 e. The quantitative estimate of drug-likeness (QED) is 0.732. The van der Waals surface area contributed by atoms with E-state index in [0.29, 0.717) is 23.7 Å². The number of aryl methyl sites for hydroxylation is 1. The van der Waals surface area contributed by atoms with Crippen molar-refractivity contribution in [3.8, 4) is 0 Å². The number of hydrogen-bond donors (Lipinski definition) is 0. The van der Waals surface area contributed by atoms with Gasteiger partial charge in [0.15, 0.2) is 0 Å². The maximum absolute atomic E-state index is 11.5. The SMILES string of the molecule is COC(=O)c1ccc(CCC(=O)C2CC2)cc1. The summed E-state index contributed by atoms with van der Waals surface area (Å²) >= 11 is 0. The van der Waals surface area contributed by atoms with Gasteiger partial charge in [-0.2, -0.15) is 0 Å². The molecule has 0 atom stereocenters. The molecule has 0 aromatic heterocycles. The largest absolute Gasteiger partial charge is 0.465 e. The standard InChI is InChI=1S/C14H16O3/c1-17-14(16)12-5-2-10(3-6-12)4-9-13(15)11-7-8-11/h2-3,5-6,11H,4,7-9H2,1H3. The summed E-state index contributed by atoms with van der Waals surface area (Å²) < 4.78 is 4.62. The van der Waals surface area contributed by atoms with E-state index in [1.807, 2.05) is 12.1 Å². The first-order valence-corrected chi connectivity index (χ1v) is 5.90. The lowest BCUT2D eigenvalue weighted by Gasteiger charge is -2.02. The average Bonchev–Trinajstić information content (AvgIpc) is 3.20. The zero-order chi connectivity index (χ0) is 12.3. The molecular formula is C14H16O3. The zero-order valence-corrected chi connectivity index (χ0v) is 9.94. The van der Waals surface area contributed by atoms with Crippen molar-refractivity contribution in [1.82, 2.24) is 0 Å². The molecule has 1 fully saturated rings. The molecule has 0 spiro atoms. The first-order valence-electron chi connectivity index (χ1n) is 5.90. The summed E-state index contributed by atoms with van der Waals surface area (Å²) in [7, 11) is 1.37. The third kappa shape index (κ3) is 3.16. The van der Waals surface area contributed by atoms with Crippen molar-refractivity contribution in [2.45, 2.75) is 25.7 Å². The van der Waals surface area contributed by atoms with E-state index in [0.717, 1.165) is 24.8 Å². The molecule has 0 aliphatic heterocycles. The Morgan fingerprint density at radius 3 is 2.41 bits per heavy atom. The molecule has 3 nitrogen and oxygen atoms in total. The van der Waals surface area contributed by atoms with Crippen LogP contribution in [0.15, 0.2) is 24.3 Å². The maximum Gasteiger partial charge on any atom is 0.337 e. The summed E-state index contributed by atoms with van der Waals surface area (Å²) in [6.45, 7) is 0. The van der Waals surface area contributed by atoms with Crippen molar-refractivity contribution in [3.05, 3.63) is 35.4 Å². The average molecular weight is 232 g/mol. The van der Waals surface area contributed by atoms with Crippen LogP contribution in [0.4, 0.5) is 0 Å². The molecule has 90 valence electrons. The molecule has 1 aromatic rings. The number of benzene rings is 1. The van der Waals surface area contributed by atoms with Gasteiger partial charge in [0.05, 0.1) is 12.7 Å². The van der Waals surface area contributed by atoms with Crippen LogP contribution in [0.1, 0.15) is 35.2 Å². The summed E-state index contributed by atoms with van der Waals surface area (Å²) in [5, 5.41) is 0. The topological polar surface area (TPSA) is 43.4 Å². The lowest BCUT2D eigenvalue weighted by Crippen LogP contribution is -2.03. The number of rotatable bonds is 5. The van der Waals surface area contributed by atoms with Crippen LogP contribution in [0.3, 0.4) is 0 Å². The predicted octanol–water partition coefficient (Wildman–Crippen LogP) is 2.38. The van der Waals surface area contributed by atoms with E-state index in [9.17, 15) is 9.59 Å². The van der Waals surface area contributed by atoms with Gasteiger partial charge in [0.1, 0.15) is 5.78 Å². The second-order valence-electron chi connectivity index (χ2n) is 4.43. The van der Waals surface area contributed by atoms with Gasteiger partial charge in [-0.1, -0.05) is 12.1 Å². The Balaban J connectivity index is 1.89. The van der Waals surface area contributed by atoms with Crippen LogP contribution in [0.25, 0.3) is 0 Å². The minimum Gasteiger partial charge on any atom is -0.465 e. The predicted molar refractivity (Wildman–Crippen MR) is 63.8 cm³/mol. The number of ether oxygens (including phenoxy) is 1. The summed E-state index contributed by atoms with van der Waals surface area (Å²) in [6, 6.07) is 7.24. The lowest BCUT2D eigenvalue weighted by atomic mass is 10.0. The Hall–Kier alpha value is -1.64. The fourth-order valence-corrected chi connectivity index (χ4v) is 1.80. The van der Waals surface area contributed by atoms with Gasteiger partial charge in [-0.15, -0.1) is 0 Å². The number of esters is 1. The Kier molecular flexibility index (Phi) is 3.57. The van der Waals surface area contributed by atoms with Crippen molar-refractivity contribution in [3.63, 3.8) is 0 Å². The number of methoxy groups -OCH3 is 1. The van der Waals surface area contributed by atoms with E-state index < -0.39 is 0 Å². The van der Waals surface area contributed by atoms with Crippen LogP contribution in [0.5, 0.6) is 0 Å². The number of hydrogen-bond acceptors (Lipinski definition) is 3. The Labute approximate surface area is 101 Å². The van der Waals surface area contributed by atoms with E-state index in [1.165, 1.54) is 7.11 Å². The number of Topliss-reactive ketones (excluding diaryl/α,β-unsaturated/α-hetero) is 1. The molecule has 0 N–H and O–H groups in total. The van der Waals surface area contributed by atoms with E-state index >= 15 is 0 Å². The highest BCUT2D eigenvalue weighted by molar-refractivity contribution is 5.89. The molecular weight excluding hydrogens is 216 g/mol. The molecule has 0 saturated heterocycles. The van der Waals surface area contributed by atoms with Gasteiger partial charge >= 0.3 is 5.97 Å². The van der Waals surface area contributed by atoms with E-state index in [1.54, 1.807) is 12.1 Å². The third-order valence-corrected chi connectivity index (χ3v) is 3.07. The van der Waals surface area contributed by atoms with Crippen molar-refractivity contribution in [2.75, 3.05) is 7.11 Å². The minimum absolute atomic E-state index is 0.328.